The Hall–Kier alpha value is -2.08. The fourth-order valence-corrected chi connectivity index (χ4v) is 2.38. The zero-order valence-corrected chi connectivity index (χ0v) is 11.9. The predicted octanol–water partition coefficient (Wildman–Crippen LogP) is 0.730. The van der Waals surface area contributed by atoms with Crippen LogP contribution in [0.2, 0.25) is 5.02 Å². The topological polar surface area (TPSA) is 95.5 Å². The average Bonchev–Trinajstić information content (AvgIpc) is 2.87. The van der Waals surface area contributed by atoms with Gasteiger partial charge in [0.1, 0.15) is 12.1 Å². The van der Waals surface area contributed by atoms with Crippen LogP contribution in [0, 0.1) is 0 Å². The van der Waals surface area contributed by atoms with Gasteiger partial charge in [0.05, 0.1) is 0 Å². The molecule has 0 saturated carbocycles. The van der Waals surface area contributed by atoms with Gasteiger partial charge in [0.25, 0.3) is 0 Å². The summed E-state index contributed by atoms with van der Waals surface area (Å²) >= 11 is 5.99. The summed E-state index contributed by atoms with van der Waals surface area (Å²) in [7, 11) is 0. The van der Waals surface area contributed by atoms with Crippen molar-refractivity contribution in [1.82, 2.24) is 10.6 Å². The molecule has 3 N–H and O–H groups in total. The monoisotopic (exact) mass is 310 g/mol. The number of aliphatic carboxylic acids is 1. The number of halogens is 1. The van der Waals surface area contributed by atoms with Crippen LogP contribution in [0.3, 0.4) is 0 Å². The van der Waals surface area contributed by atoms with Gasteiger partial charge in [-0.2, -0.15) is 0 Å². The van der Waals surface area contributed by atoms with E-state index in [9.17, 15) is 19.5 Å². The molecule has 0 aromatic heterocycles. The maximum absolute atomic E-state index is 12.0. The van der Waals surface area contributed by atoms with Gasteiger partial charge in [-0.1, -0.05) is 29.8 Å². The van der Waals surface area contributed by atoms with E-state index in [-0.39, 0.29) is 18.7 Å². The van der Waals surface area contributed by atoms with Gasteiger partial charge in [-0.15, -0.1) is 0 Å². The number of carbonyl (C=O) groups excluding carboxylic acids is 2. The highest BCUT2D eigenvalue weighted by Crippen LogP contribution is 2.17. The zero-order chi connectivity index (χ0) is 15.4. The van der Waals surface area contributed by atoms with Crippen LogP contribution in [0.25, 0.3) is 0 Å². The first kappa shape index (κ1) is 15.3. The Morgan fingerprint density at radius 1 is 1.43 bits per heavy atom. The van der Waals surface area contributed by atoms with Crippen molar-refractivity contribution in [2.45, 2.75) is 31.3 Å². The third-order valence-corrected chi connectivity index (χ3v) is 3.68. The van der Waals surface area contributed by atoms with Crippen LogP contribution < -0.4 is 10.6 Å². The second kappa shape index (κ2) is 6.58. The molecule has 0 aliphatic carbocycles. The number of benzene rings is 1. The normalized spacial score (nSPS) is 18.9. The van der Waals surface area contributed by atoms with Gasteiger partial charge in [-0.25, -0.2) is 4.79 Å². The molecule has 6 nitrogen and oxygen atoms in total. The summed E-state index contributed by atoms with van der Waals surface area (Å²) in [5.41, 5.74) is 0.641. The van der Waals surface area contributed by atoms with E-state index in [1.54, 1.807) is 24.3 Å². The molecule has 1 aromatic carbocycles. The molecule has 1 heterocycles. The van der Waals surface area contributed by atoms with Crippen LogP contribution in [0.1, 0.15) is 18.4 Å². The Kier molecular flexibility index (Phi) is 4.80. The first-order chi connectivity index (χ1) is 9.97. The second-order valence-electron chi connectivity index (χ2n) is 4.85. The number of amides is 2. The van der Waals surface area contributed by atoms with Gasteiger partial charge in [0, 0.05) is 17.9 Å². The fourth-order valence-electron chi connectivity index (χ4n) is 2.17. The fraction of sp³-hybridized carbons (Fsp3) is 0.357. The second-order valence-corrected chi connectivity index (χ2v) is 5.26. The number of carbonyl (C=O) groups is 3. The van der Waals surface area contributed by atoms with E-state index in [0.29, 0.717) is 17.0 Å². The minimum Gasteiger partial charge on any atom is -0.480 e. The predicted molar refractivity (Wildman–Crippen MR) is 75.9 cm³/mol. The molecule has 2 atom stereocenters. The van der Waals surface area contributed by atoms with Crippen LogP contribution >= 0.6 is 11.6 Å². The molecule has 2 rings (SSSR count). The lowest BCUT2D eigenvalue weighted by Gasteiger charge is -2.18. The van der Waals surface area contributed by atoms with E-state index in [2.05, 4.69) is 10.6 Å². The molecular formula is C14H15ClN2O4. The molecular weight excluding hydrogens is 296 g/mol. The summed E-state index contributed by atoms with van der Waals surface area (Å²) in [5, 5.41) is 14.6. The number of nitrogens with one attached hydrogen (secondary N) is 2. The number of carboxylic acids is 1. The molecule has 21 heavy (non-hydrogen) atoms. The van der Waals surface area contributed by atoms with Crippen molar-refractivity contribution in [2.75, 3.05) is 0 Å². The van der Waals surface area contributed by atoms with Gasteiger partial charge in [-0.05, 0) is 18.1 Å². The Labute approximate surface area is 126 Å². The molecule has 0 unspecified atom stereocenters. The third-order valence-electron chi connectivity index (χ3n) is 3.31. The largest absolute Gasteiger partial charge is 0.480 e. The molecule has 1 aliphatic heterocycles. The zero-order valence-electron chi connectivity index (χ0n) is 11.1. The van der Waals surface area contributed by atoms with Crippen LogP contribution in [0.4, 0.5) is 0 Å². The Balaban J connectivity index is 2.03. The van der Waals surface area contributed by atoms with Gasteiger partial charge in [0.15, 0.2) is 0 Å². The van der Waals surface area contributed by atoms with Gasteiger partial charge >= 0.3 is 5.97 Å². The van der Waals surface area contributed by atoms with Crippen molar-refractivity contribution in [3.63, 3.8) is 0 Å². The Bertz CT molecular complexity index is 576. The first-order valence-electron chi connectivity index (χ1n) is 6.53. The van der Waals surface area contributed by atoms with Crippen molar-refractivity contribution < 1.29 is 19.5 Å². The first-order valence-corrected chi connectivity index (χ1v) is 6.91. The Morgan fingerprint density at radius 2 is 2.14 bits per heavy atom. The molecule has 0 spiro atoms. The molecule has 112 valence electrons. The van der Waals surface area contributed by atoms with Gasteiger partial charge < -0.3 is 15.7 Å². The number of hydrogen-bond donors (Lipinski definition) is 3. The third kappa shape index (κ3) is 3.95. The standard InChI is InChI=1S/C14H15ClN2O4/c15-9-4-2-1-3-8(9)7-11(14(20)21)17-13(19)10-5-6-12(18)16-10/h1-4,10-11H,5-7H2,(H,16,18)(H,17,19)(H,20,21)/t10-,11-/m0/s1. The molecule has 0 bridgehead atoms. The summed E-state index contributed by atoms with van der Waals surface area (Å²) in [6, 6.07) is 5.12. The van der Waals surface area contributed by atoms with Gasteiger partial charge in [0.2, 0.25) is 11.8 Å². The molecule has 2 amide bonds. The van der Waals surface area contributed by atoms with E-state index in [1.807, 2.05) is 0 Å². The summed E-state index contributed by atoms with van der Waals surface area (Å²) in [4.78, 5) is 34.3. The highest BCUT2D eigenvalue weighted by molar-refractivity contribution is 6.31. The maximum Gasteiger partial charge on any atom is 0.326 e. The van der Waals surface area contributed by atoms with E-state index >= 15 is 0 Å². The van der Waals surface area contributed by atoms with E-state index in [4.69, 9.17) is 11.6 Å². The van der Waals surface area contributed by atoms with Crippen molar-refractivity contribution in [2.24, 2.45) is 0 Å². The molecule has 1 aromatic rings. The molecule has 1 fully saturated rings. The van der Waals surface area contributed by atoms with Crippen LogP contribution in [0.15, 0.2) is 24.3 Å². The lowest BCUT2D eigenvalue weighted by atomic mass is 10.1. The smallest absolute Gasteiger partial charge is 0.326 e. The van der Waals surface area contributed by atoms with Crippen molar-refractivity contribution >= 4 is 29.4 Å². The highest BCUT2D eigenvalue weighted by atomic mass is 35.5. The average molecular weight is 311 g/mol. The highest BCUT2D eigenvalue weighted by Gasteiger charge is 2.30. The number of hydrogen-bond acceptors (Lipinski definition) is 3. The Morgan fingerprint density at radius 3 is 2.71 bits per heavy atom. The summed E-state index contributed by atoms with van der Waals surface area (Å²) in [6.07, 6.45) is 0.741. The summed E-state index contributed by atoms with van der Waals surface area (Å²) in [5.74, 6) is -1.83. The van der Waals surface area contributed by atoms with Crippen molar-refractivity contribution in [1.29, 1.82) is 0 Å². The van der Waals surface area contributed by atoms with Crippen LogP contribution in [-0.2, 0) is 20.8 Å². The SMILES string of the molecule is O=C1CC[C@@H](C(=O)N[C@@H](Cc2ccccc2Cl)C(=O)O)N1. The van der Waals surface area contributed by atoms with E-state index in [0.717, 1.165) is 0 Å². The molecule has 7 heteroatoms. The van der Waals surface area contributed by atoms with E-state index in [1.165, 1.54) is 0 Å². The molecule has 0 radical (unpaired) electrons. The molecule has 1 aliphatic rings. The van der Waals surface area contributed by atoms with Crippen molar-refractivity contribution in [3.8, 4) is 0 Å². The minimum atomic E-state index is -1.15. The quantitative estimate of drug-likeness (QED) is 0.747. The summed E-state index contributed by atoms with van der Waals surface area (Å²) < 4.78 is 0. The maximum atomic E-state index is 12.0. The van der Waals surface area contributed by atoms with Crippen LogP contribution in [0.5, 0.6) is 0 Å². The van der Waals surface area contributed by atoms with Gasteiger partial charge in [-0.3, -0.25) is 9.59 Å². The van der Waals surface area contributed by atoms with Crippen molar-refractivity contribution in [3.05, 3.63) is 34.9 Å². The molecule has 1 saturated heterocycles. The lowest BCUT2D eigenvalue weighted by Crippen LogP contribution is -2.49. The minimum absolute atomic E-state index is 0.0847. The number of rotatable bonds is 5. The van der Waals surface area contributed by atoms with E-state index < -0.39 is 24.0 Å². The summed E-state index contributed by atoms with van der Waals surface area (Å²) in [6.45, 7) is 0. The lowest BCUT2D eigenvalue weighted by molar-refractivity contribution is -0.142. The van der Waals surface area contributed by atoms with Crippen LogP contribution in [-0.4, -0.2) is 35.0 Å². The number of carboxylic acid groups (broad SMARTS) is 1.